The highest BCUT2D eigenvalue weighted by atomic mass is 15.5. The van der Waals surface area contributed by atoms with Gasteiger partial charge in [-0.2, -0.15) is 0 Å². The topological polar surface area (TPSA) is 43.1 Å². The van der Waals surface area contributed by atoms with Gasteiger partial charge in [0.05, 0.1) is 0 Å². The molecule has 2 heterocycles. The zero-order chi connectivity index (χ0) is 9.26. The summed E-state index contributed by atoms with van der Waals surface area (Å²) in [6.45, 7) is 4.37. The number of tetrazole rings is 1. The predicted molar refractivity (Wildman–Crippen MR) is 49.5 cm³/mol. The number of aromatic nitrogens is 4. The lowest BCUT2D eigenvalue weighted by Crippen LogP contribution is -1.95. The molecule has 0 aliphatic heterocycles. The van der Waals surface area contributed by atoms with E-state index in [0.717, 1.165) is 12.1 Å². The van der Waals surface area contributed by atoms with Crippen LogP contribution in [-0.2, 0) is 0 Å². The Hall–Kier alpha value is -1.45. The van der Waals surface area contributed by atoms with Crippen LogP contribution >= 0.6 is 0 Å². The fourth-order valence-corrected chi connectivity index (χ4v) is 1.28. The van der Waals surface area contributed by atoms with Crippen molar-refractivity contribution in [1.82, 2.24) is 20.0 Å². The molecule has 68 valence electrons. The second kappa shape index (κ2) is 3.12. The van der Waals surface area contributed by atoms with Gasteiger partial charge in [0.1, 0.15) is 0 Å². The normalized spacial score (nSPS) is 13.4. The molecule has 4 heteroatoms. The number of hydrogen-bond acceptors (Lipinski definition) is 3. The van der Waals surface area contributed by atoms with Gasteiger partial charge >= 0.3 is 0 Å². The fraction of sp³-hybridized carbons (Fsp3) is 0.444. The number of pyridine rings is 1. The van der Waals surface area contributed by atoms with Gasteiger partial charge in [0.25, 0.3) is 0 Å². The molecular formula is C9H12N4. The largest absolute Gasteiger partial charge is 0.200 e. The summed E-state index contributed by atoms with van der Waals surface area (Å²) in [6, 6.07) is 4.03. The zero-order valence-electron chi connectivity index (χ0n) is 7.81. The maximum Gasteiger partial charge on any atom is 0.179 e. The molecule has 4 nitrogen and oxygen atoms in total. The van der Waals surface area contributed by atoms with Crippen LogP contribution in [0.15, 0.2) is 18.3 Å². The van der Waals surface area contributed by atoms with Crippen LogP contribution < -0.4 is 0 Å². The Bertz CT molecular complexity index is 407. The van der Waals surface area contributed by atoms with E-state index in [0.29, 0.717) is 5.92 Å². The van der Waals surface area contributed by atoms with Crippen LogP contribution in [-0.4, -0.2) is 20.0 Å². The van der Waals surface area contributed by atoms with Crippen molar-refractivity contribution in [2.24, 2.45) is 0 Å². The third-order valence-corrected chi connectivity index (χ3v) is 2.40. The van der Waals surface area contributed by atoms with E-state index in [9.17, 15) is 0 Å². The van der Waals surface area contributed by atoms with E-state index in [1.54, 1.807) is 4.52 Å². The summed E-state index contributed by atoms with van der Waals surface area (Å²) in [6.07, 6.45) is 3.12. The molecule has 0 aliphatic carbocycles. The lowest BCUT2D eigenvalue weighted by Gasteiger charge is -2.07. The molecule has 0 spiro atoms. The Kier molecular flexibility index (Phi) is 1.96. The first-order valence-electron chi connectivity index (χ1n) is 4.49. The van der Waals surface area contributed by atoms with Crippen LogP contribution in [0.3, 0.4) is 0 Å². The van der Waals surface area contributed by atoms with Gasteiger partial charge < -0.3 is 0 Å². The van der Waals surface area contributed by atoms with Crippen molar-refractivity contribution in [3.8, 4) is 0 Å². The van der Waals surface area contributed by atoms with Gasteiger partial charge in [0, 0.05) is 6.20 Å². The molecule has 1 unspecified atom stereocenters. The molecule has 0 radical (unpaired) electrons. The molecule has 0 bridgehead atoms. The lowest BCUT2D eigenvalue weighted by atomic mass is 10.0. The number of hydrogen-bond donors (Lipinski definition) is 0. The summed E-state index contributed by atoms with van der Waals surface area (Å²) in [5.74, 6) is 0.564. The molecule has 0 amide bonds. The van der Waals surface area contributed by atoms with Crippen LogP contribution in [0.5, 0.6) is 0 Å². The monoisotopic (exact) mass is 176 g/mol. The van der Waals surface area contributed by atoms with Crippen LogP contribution in [0.2, 0.25) is 0 Å². The molecular weight excluding hydrogens is 164 g/mol. The minimum atomic E-state index is 0.564. The predicted octanol–water partition coefficient (Wildman–Crippen LogP) is 1.64. The maximum atomic E-state index is 3.85. The van der Waals surface area contributed by atoms with Crippen LogP contribution in [0.4, 0.5) is 0 Å². The SMILES string of the molecule is CCC(C)c1ccc2nnnn2c1. The van der Waals surface area contributed by atoms with Gasteiger partial charge in [0.2, 0.25) is 0 Å². The number of rotatable bonds is 2. The molecule has 0 aromatic carbocycles. The highest BCUT2D eigenvalue weighted by Crippen LogP contribution is 2.17. The lowest BCUT2D eigenvalue weighted by molar-refractivity contribution is 0.719. The van der Waals surface area contributed by atoms with E-state index in [4.69, 9.17) is 0 Å². The highest BCUT2D eigenvalue weighted by Gasteiger charge is 2.04. The first-order chi connectivity index (χ1) is 6.31. The number of fused-ring (bicyclic) bond motifs is 1. The fourth-order valence-electron chi connectivity index (χ4n) is 1.28. The second-order valence-electron chi connectivity index (χ2n) is 3.25. The summed E-state index contributed by atoms with van der Waals surface area (Å²) in [5, 5.41) is 11.3. The average Bonchev–Trinajstić information content (AvgIpc) is 2.63. The van der Waals surface area contributed by atoms with Gasteiger partial charge in [-0.05, 0) is 34.4 Å². The molecule has 2 aromatic rings. The van der Waals surface area contributed by atoms with Gasteiger partial charge in [0.15, 0.2) is 5.65 Å². The Morgan fingerprint density at radius 1 is 1.46 bits per heavy atom. The smallest absolute Gasteiger partial charge is 0.179 e. The molecule has 0 saturated carbocycles. The standard InChI is InChI=1S/C9H12N4/c1-3-7(2)8-4-5-9-10-11-12-13(9)6-8/h4-7H,3H2,1-2H3. The van der Waals surface area contributed by atoms with Gasteiger partial charge in [-0.3, -0.25) is 0 Å². The van der Waals surface area contributed by atoms with Crippen molar-refractivity contribution in [2.45, 2.75) is 26.2 Å². The first kappa shape index (κ1) is 8.16. The summed E-state index contributed by atoms with van der Waals surface area (Å²) >= 11 is 0. The van der Waals surface area contributed by atoms with Crippen molar-refractivity contribution in [2.75, 3.05) is 0 Å². The van der Waals surface area contributed by atoms with E-state index in [1.165, 1.54) is 5.56 Å². The van der Waals surface area contributed by atoms with Crippen LogP contribution in [0.25, 0.3) is 5.65 Å². The third kappa shape index (κ3) is 1.39. The summed E-state index contributed by atoms with van der Waals surface area (Å²) in [4.78, 5) is 0. The Labute approximate surface area is 76.6 Å². The molecule has 2 rings (SSSR count). The summed E-state index contributed by atoms with van der Waals surface area (Å²) in [7, 11) is 0. The van der Waals surface area contributed by atoms with Crippen molar-refractivity contribution < 1.29 is 0 Å². The summed E-state index contributed by atoms with van der Waals surface area (Å²) in [5.41, 5.74) is 2.08. The van der Waals surface area contributed by atoms with E-state index >= 15 is 0 Å². The maximum absolute atomic E-state index is 3.85. The van der Waals surface area contributed by atoms with E-state index in [1.807, 2.05) is 12.3 Å². The molecule has 2 aromatic heterocycles. The van der Waals surface area contributed by atoms with E-state index in [2.05, 4.69) is 35.4 Å². The first-order valence-corrected chi connectivity index (χ1v) is 4.49. The van der Waals surface area contributed by atoms with Crippen molar-refractivity contribution in [3.05, 3.63) is 23.9 Å². The molecule has 0 saturated heterocycles. The minimum absolute atomic E-state index is 0.564. The van der Waals surface area contributed by atoms with Crippen LogP contribution in [0, 0.1) is 0 Å². The van der Waals surface area contributed by atoms with Crippen LogP contribution in [0.1, 0.15) is 31.7 Å². The van der Waals surface area contributed by atoms with Gasteiger partial charge in [-0.25, -0.2) is 4.52 Å². The Morgan fingerprint density at radius 2 is 2.31 bits per heavy atom. The van der Waals surface area contributed by atoms with E-state index in [-0.39, 0.29) is 0 Å². The van der Waals surface area contributed by atoms with Crippen molar-refractivity contribution >= 4 is 5.65 Å². The molecule has 0 N–H and O–H groups in total. The van der Waals surface area contributed by atoms with E-state index < -0.39 is 0 Å². The zero-order valence-corrected chi connectivity index (χ0v) is 7.81. The molecule has 0 aliphatic rings. The molecule has 13 heavy (non-hydrogen) atoms. The van der Waals surface area contributed by atoms with Gasteiger partial charge in [-0.15, -0.1) is 5.10 Å². The van der Waals surface area contributed by atoms with Crippen molar-refractivity contribution in [1.29, 1.82) is 0 Å². The summed E-state index contributed by atoms with van der Waals surface area (Å²) < 4.78 is 1.71. The minimum Gasteiger partial charge on any atom is -0.200 e. The quantitative estimate of drug-likeness (QED) is 0.698. The third-order valence-electron chi connectivity index (χ3n) is 2.40. The molecule has 1 atom stereocenters. The number of nitrogens with zero attached hydrogens (tertiary/aromatic N) is 4. The second-order valence-corrected chi connectivity index (χ2v) is 3.25. The average molecular weight is 176 g/mol. The van der Waals surface area contributed by atoms with Gasteiger partial charge in [-0.1, -0.05) is 19.9 Å². The Balaban J connectivity index is 2.48. The Morgan fingerprint density at radius 3 is 3.08 bits per heavy atom. The molecule has 0 fully saturated rings. The highest BCUT2D eigenvalue weighted by molar-refractivity contribution is 5.36. The van der Waals surface area contributed by atoms with Crippen molar-refractivity contribution in [3.63, 3.8) is 0 Å².